The van der Waals surface area contributed by atoms with Crippen LogP contribution in [-0.4, -0.2) is 28.5 Å². The molecule has 1 aliphatic rings. The molecule has 17 heavy (non-hydrogen) atoms. The first-order valence-electron chi connectivity index (χ1n) is 6.43. The highest BCUT2D eigenvalue weighted by Gasteiger charge is 2.30. The molecular weight excluding hydrogens is 214 g/mol. The number of rotatable bonds is 5. The van der Waals surface area contributed by atoms with Crippen molar-refractivity contribution in [2.45, 2.75) is 38.6 Å². The molecule has 0 unspecified atom stereocenters. The van der Waals surface area contributed by atoms with Gasteiger partial charge in [0.15, 0.2) is 0 Å². The maximum absolute atomic E-state index is 9.57. The lowest BCUT2D eigenvalue weighted by molar-refractivity contribution is 0.0809. The van der Waals surface area contributed by atoms with E-state index in [1.807, 2.05) is 12.1 Å². The second kappa shape index (κ2) is 6.07. The average molecular weight is 235 g/mol. The monoisotopic (exact) mass is 235 g/mol. The van der Waals surface area contributed by atoms with Crippen molar-refractivity contribution in [1.29, 1.82) is 0 Å². The van der Waals surface area contributed by atoms with Crippen molar-refractivity contribution in [1.82, 2.24) is 15.5 Å². The van der Waals surface area contributed by atoms with Crippen molar-refractivity contribution in [2.24, 2.45) is 5.41 Å². The lowest BCUT2D eigenvalue weighted by Gasteiger charge is -2.35. The molecule has 2 N–H and O–H groups in total. The van der Waals surface area contributed by atoms with Crippen molar-refractivity contribution in [3.63, 3.8) is 0 Å². The third-order valence-electron chi connectivity index (χ3n) is 3.68. The van der Waals surface area contributed by atoms with Crippen molar-refractivity contribution in [3.8, 4) is 0 Å². The fourth-order valence-corrected chi connectivity index (χ4v) is 2.58. The van der Waals surface area contributed by atoms with Crippen LogP contribution in [0.5, 0.6) is 0 Å². The van der Waals surface area contributed by atoms with E-state index in [9.17, 15) is 5.11 Å². The fourth-order valence-electron chi connectivity index (χ4n) is 2.58. The molecule has 4 nitrogen and oxygen atoms in total. The van der Waals surface area contributed by atoms with Crippen LogP contribution in [0.15, 0.2) is 18.3 Å². The number of aliphatic hydroxyl groups is 1. The first kappa shape index (κ1) is 12.5. The van der Waals surface area contributed by atoms with E-state index < -0.39 is 0 Å². The van der Waals surface area contributed by atoms with Gasteiger partial charge in [0.1, 0.15) is 0 Å². The Morgan fingerprint density at radius 3 is 2.76 bits per heavy atom. The number of nitrogens with zero attached hydrogens (tertiary/aromatic N) is 2. The topological polar surface area (TPSA) is 58.0 Å². The Labute approximate surface area is 102 Å². The number of hydrogen-bond acceptors (Lipinski definition) is 4. The van der Waals surface area contributed by atoms with E-state index in [1.54, 1.807) is 6.20 Å². The van der Waals surface area contributed by atoms with Crippen molar-refractivity contribution in [2.75, 3.05) is 13.2 Å². The van der Waals surface area contributed by atoms with Gasteiger partial charge in [0, 0.05) is 31.3 Å². The van der Waals surface area contributed by atoms with Crippen molar-refractivity contribution >= 4 is 0 Å². The Kier molecular flexibility index (Phi) is 4.45. The zero-order valence-electron chi connectivity index (χ0n) is 10.2. The number of aliphatic hydroxyl groups excluding tert-OH is 1. The molecule has 1 aromatic rings. The maximum atomic E-state index is 9.57. The van der Waals surface area contributed by atoms with Gasteiger partial charge in [0.2, 0.25) is 0 Å². The summed E-state index contributed by atoms with van der Waals surface area (Å²) in [6.07, 6.45) is 7.75. The molecule has 94 valence electrons. The summed E-state index contributed by atoms with van der Waals surface area (Å²) in [5, 5.41) is 20.9. The molecule has 4 heteroatoms. The number of aromatic nitrogens is 2. The van der Waals surface area contributed by atoms with Gasteiger partial charge < -0.3 is 10.4 Å². The summed E-state index contributed by atoms with van der Waals surface area (Å²) < 4.78 is 0. The van der Waals surface area contributed by atoms with E-state index in [2.05, 4.69) is 15.5 Å². The second-order valence-electron chi connectivity index (χ2n) is 5.04. The Balaban J connectivity index is 1.80. The Hall–Kier alpha value is -1.00. The van der Waals surface area contributed by atoms with Crippen LogP contribution in [0.2, 0.25) is 0 Å². The van der Waals surface area contributed by atoms with Crippen LogP contribution >= 0.6 is 0 Å². The normalized spacial score (nSPS) is 19.1. The number of hydrogen-bond donors (Lipinski definition) is 2. The molecule has 0 amide bonds. The summed E-state index contributed by atoms with van der Waals surface area (Å²) in [6.45, 7) is 1.90. The lowest BCUT2D eigenvalue weighted by Crippen LogP contribution is -2.38. The maximum Gasteiger partial charge on any atom is 0.0768 e. The molecule has 1 heterocycles. The van der Waals surface area contributed by atoms with Gasteiger partial charge in [-0.15, -0.1) is 0 Å². The summed E-state index contributed by atoms with van der Waals surface area (Å²) in [7, 11) is 0. The van der Waals surface area contributed by atoms with E-state index in [1.165, 1.54) is 19.3 Å². The van der Waals surface area contributed by atoms with Gasteiger partial charge in [-0.2, -0.15) is 10.2 Å². The standard InChI is InChI=1S/C13H21N3O/c17-11-13(6-2-1-3-7-13)10-14-9-12-5-4-8-15-16-12/h4-5,8,14,17H,1-3,6-7,9-11H2. The van der Waals surface area contributed by atoms with Crippen molar-refractivity contribution < 1.29 is 5.11 Å². The minimum Gasteiger partial charge on any atom is -0.396 e. The molecule has 1 aliphatic carbocycles. The van der Waals surface area contributed by atoms with Gasteiger partial charge in [-0.1, -0.05) is 19.3 Å². The van der Waals surface area contributed by atoms with Crippen molar-refractivity contribution in [3.05, 3.63) is 24.0 Å². The Morgan fingerprint density at radius 1 is 1.29 bits per heavy atom. The second-order valence-corrected chi connectivity index (χ2v) is 5.04. The first-order chi connectivity index (χ1) is 8.35. The first-order valence-corrected chi connectivity index (χ1v) is 6.43. The molecule has 0 spiro atoms. The molecule has 1 fully saturated rings. The molecule has 0 bridgehead atoms. The van der Waals surface area contributed by atoms with Gasteiger partial charge in [0.25, 0.3) is 0 Å². The lowest BCUT2D eigenvalue weighted by atomic mass is 9.74. The van der Waals surface area contributed by atoms with Gasteiger partial charge in [-0.05, 0) is 25.0 Å². The Morgan fingerprint density at radius 2 is 2.12 bits per heavy atom. The van der Waals surface area contributed by atoms with E-state index >= 15 is 0 Å². The molecule has 0 atom stereocenters. The van der Waals surface area contributed by atoms with Crippen LogP contribution in [0.1, 0.15) is 37.8 Å². The molecule has 1 saturated carbocycles. The van der Waals surface area contributed by atoms with Gasteiger partial charge in [0.05, 0.1) is 5.69 Å². The average Bonchev–Trinajstić information content (AvgIpc) is 2.41. The van der Waals surface area contributed by atoms with Gasteiger partial charge in [-0.25, -0.2) is 0 Å². The molecular formula is C13H21N3O. The smallest absolute Gasteiger partial charge is 0.0768 e. The fraction of sp³-hybridized carbons (Fsp3) is 0.692. The minimum atomic E-state index is 0.0977. The predicted molar refractivity (Wildman–Crippen MR) is 66.3 cm³/mol. The van der Waals surface area contributed by atoms with E-state index in [0.717, 1.165) is 31.6 Å². The third-order valence-corrected chi connectivity index (χ3v) is 3.68. The van der Waals surface area contributed by atoms with Crippen LogP contribution in [0.3, 0.4) is 0 Å². The highest BCUT2D eigenvalue weighted by Crippen LogP contribution is 2.35. The number of nitrogens with one attached hydrogen (secondary N) is 1. The zero-order valence-corrected chi connectivity index (χ0v) is 10.2. The summed E-state index contributed by atoms with van der Waals surface area (Å²) >= 11 is 0. The van der Waals surface area contributed by atoms with Gasteiger partial charge >= 0.3 is 0 Å². The van der Waals surface area contributed by atoms with E-state index in [0.29, 0.717) is 6.61 Å². The predicted octanol–water partition coefficient (Wildman–Crippen LogP) is 1.51. The molecule has 0 radical (unpaired) electrons. The SMILES string of the molecule is OCC1(CNCc2cccnn2)CCCCC1. The Bertz CT molecular complexity index is 323. The minimum absolute atomic E-state index is 0.0977. The quantitative estimate of drug-likeness (QED) is 0.812. The highest BCUT2D eigenvalue weighted by molar-refractivity contribution is 4.98. The summed E-state index contributed by atoms with van der Waals surface area (Å²) in [4.78, 5) is 0. The molecule has 0 saturated heterocycles. The van der Waals surface area contributed by atoms with Crippen LogP contribution in [0.25, 0.3) is 0 Å². The van der Waals surface area contributed by atoms with Crippen LogP contribution in [-0.2, 0) is 6.54 Å². The zero-order chi connectivity index (χ0) is 12.0. The van der Waals surface area contributed by atoms with Crippen LogP contribution in [0.4, 0.5) is 0 Å². The highest BCUT2D eigenvalue weighted by atomic mass is 16.3. The molecule has 0 aromatic carbocycles. The van der Waals surface area contributed by atoms with Crippen LogP contribution in [0, 0.1) is 5.41 Å². The largest absolute Gasteiger partial charge is 0.396 e. The summed E-state index contributed by atoms with van der Waals surface area (Å²) in [5.74, 6) is 0. The molecule has 2 rings (SSSR count). The summed E-state index contributed by atoms with van der Waals surface area (Å²) in [5.41, 5.74) is 1.05. The van der Waals surface area contributed by atoms with Gasteiger partial charge in [-0.3, -0.25) is 0 Å². The molecule has 0 aliphatic heterocycles. The summed E-state index contributed by atoms with van der Waals surface area (Å²) in [6, 6.07) is 3.86. The molecule has 1 aromatic heterocycles. The van der Waals surface area contributed by atoms with E-state index in [4.69, 9.17) is 0 Å². The van der Waals surface area contributed by atoms with E-state index in [-0.39, 0.29) is 5.41 Å². The van der Waals surface area contributed by atoms with Crippen LogP contribution < -0.4 is 5.32 Å². The third kappa shape index (κ3) is 3.48.